The van der Waals surface area contributed by atoms with Crippen LogP contribution in [-0.4, -0.2) is 28.1 Å². The number of rotatable bonds is 2. The van der Waals surface area contributed by atoms with Crippen molar-refractivity contribution in [1.29, 1.82) is 0 Å². The Kier molecular flexibility index (Phi) is 3.62. The number of para-hydroxylation sites is 1. The number of carbonyl (C=O) groups is 2. The molecule has 2 aromatic carbocycles. The molecule has 0 aliphatic carbocycles. The lowest BCUT2D eigenvalue weighted by Gasteiger charge is -2.32. The molecule has 1 spiro atoms. The lowest BCUT2D eigenvalue weighted by Crippen LogP contribution is -2.46. The van der Waals surface area contributed by atoms with Crippen LogP contribution in [0.15, 0.2) is 54.7 Å². The van der Waals surface area contributed by atoms with Gasteiger partial charge in [-0.15, -0.1) is 6.42 Å². The fraction of sp³-hybridized carbons (Fsp3) is 0.174. The topological polar surface area (TPSA) is 67.2 Å². The highest BCUT2D eigenvalue weighted by molar-refractivity contribution is 6.16. The molecule has 0 bridgehead atoms. The average molecular weight is 382 g/mol. The number of benzene rings is 2. The quantitative estimate of drug-likeness (QED) is 0.693. The van der Waals surface area contributed by atoms with Crippen LogP contribution < -0.4 is 10.2 Å². The number of aryl methyl sites for hydroxylation is 1. The van der Waals surface area contributed by atoms with Crippen LogP contribution in [0.1, 0.15) is 23.1 Å². The molecule has 2 amide bonds. The monoisotopic (exact) mass is 382 g/mol. The van der Waals surface area contributed by atoms with Gasteiger partial charge in [0.15, 0.2) is 0 Å². The summed E-state index contributed by atoms with van der Waals surface area (Å²) in [6.45, 7) is 2.12. The van der Waals surface area contributed by atoms with E-state index in [1.807, 2.05) is 55.5 Å². The van der Waals surface area contributed by atoms with Crippen LogP contribution in [0.3, 0.4) is 0 Å². The van der Waals surface area contributed by atoms with Crippen LogP contribution in [0.2, 0.25) is 0 Å². The third-order valence-corrected chi connectivity index (χ3v) is 5.68. The maximum absolute atomic E-state index is 13.7. The molecule has 1 atom stereocenters. The number of amides is 2. The lowest BCUT2D eigenvalue weighted by molar-refractivity contribution is -0.126. The molecule has 3 heterocycles. The zero-order valence-corrected chi connectivity index (χ0v) is 15.8. The van der Waals surface area contributed by atoms with E-state index in [0.29, 0.717) is 11.4 Å². The summed E-state index contributed by atoms with van der Waals surface area (Å²) in [6, 6.07) is 15.4. The van der Waals surface area contributed by atoms with E-state index in [-0.39, 0.29) is 24.8 Å². The number of anilines is 2. The van der Waals surface area contributed by atoms with Crippen molar-refractivity contribution in [2.45, 2.75) is 18.8 Å². The standard InChI is InChI=1S/C23H18N4O2/c1-3-11-26-19-10-9-15(2)12-17(19)23(22(26)29)13-20(28)25-21-18(23)14-24-27(21)16-7-5-4-6-8-16/h1,4-10,12,14H,11,13H2,2H3,(H,25,28)/t23-/m1/s1. The molecule has 1 aromatic heterocycles. The molecule has 5 rings (SSSR count). The predicted octanol–water partition coefficient (Wildman–Crippen LogP) is 2.79. The Labute approximate surface area is 168 Å². The van der Waals surface area contributed by atoms with E-state index >= 15 is 0 Å². The number of carbonyl (C=O) groups excluding carboxylic acids is 2. The molecule has 6 heteroatoms. The Morgan fingerprint density at radius 3 is 2.72 bits per heavy atom. The van der Waals surface area contributed by atoms with Crippen LogP contribution in [0.25, 0.3) is 5.69 Å². The highest BCUT2D eigenvalue weighted by Crippen LogP contribution is 2.52. The molecule has 0 saturated carbocycles. The maximum Gasteiger partial charge on any atom is 0.243 e. The van der Waals surface area contributed by atoms with E-state index in [2.05, 4.69) is 16.3 Å². The Hall–Kier alpha value is -3.85. The number of fused-ring (bicyclic) bond motifs is 4. The van der Waals surface area contributed by atoms with Crippen molar-refractivity contribution in [3.63, 3.8) is 0 Å². The number of nitrogens with zero attached hydrogens (tertiary/aromatic N) is 3. The highest BCUT2D eigenvalue weighted by Gasteiger charge is 2.57. The van der Waals surface area contributed by atoms with Crippen molar-refractivity contribution in [2.75, 3.05) is 16.8 Å². The van der Waals surface area contributed by atoms with Crippen LogP contribution >= 0.6 is 0 Å². The van der Waals surface area contributed by atoms with E-state index in [9.17, 15) is 9.59 Å². The van der Waals surface area contributed by atoms with Gasteiger partial charge < -0.3 is 5.32 Å². The minimum absolute atomic E-state index is 0.0246. The first kappa shape index (κ1) is 17.3. The largest absolute Gasteiger partial charge is 0.310 e. The van der Waals surface area contributed by atoms with Crippen molar-refractivity contribution < 1.29 is 9.59 Å². The second-order valence-corrected chi connectivity index (χ2v) is 7.40. The van der Waals surface area contributed by atoms with Crippen molar-refractivity contribution >= 4 is 23.3 Å². The molecule has 2 aliphatic heterocycles. The summed E-state index contributed by atoms with van der Waals surface area (Å²) in [5.74, 6) is 2.69. The van der Waals surface area contributed by atoms with Crippen LogP contribution in [-0.2, 0) is 15.0 Å². The van der Waals surface area contributed by atoms with Gasteiger partial charge in [0.25, 0.3) is 0 Å². The molecule has 0 unspecified atom stereocenters. The van der Waals surface area contributed by atoms with Gasteiger partial charge in [0.1, 0.15) is 11.2 Å². The van der Waals surface area contributed by atoms with Crippen molar-refractivity contribution in [3.8, 4) is 18.0 Å². The van der Waals surface area contributed by atoms with E-state index in [1.165, 1.54) is 0 Å². The number of aromatic nitrogens is 2. The average Bonchev–Trinajstić information content (AvgIpc) is 3.23. The van der Waals surface area contributed by atoms with Gasteiger partial charge in [0.05, 0.1) is 18.4 Å². The smallest absolute Gasteiger partial charge is 0.243 e. The van der Waals surface area contributed by atoms with Gasteiger partial charge in [-0.2, -0.15) is 5.10 Å². The lowest BCUT2D eigenvalue weighted by atomic mass is 9.71. The van der Waals surface area contributed by atoms with Gasteiger partial charge in [-0.25, -0.2) is 4.68 Å². The third kappa shape index (κ3) is 2.28. The Bertz CT molecular complexity index is 1210. The van der Waals surface area contributed by atoms with E-state index in [0.717, 1.165) is 22.5 Å². The molecule has 1 N–H and O–H groups in total. The summed E-state index contributed by atoms with van der Waals surface area (Å²) in [7, 11) is 0. The molecule has 29 heavy (non-hydrogen) atoms. The van der Waals surface area contributed by atoms with Crippen LogP contribution in [0.4, 0.5) is 11.5 Å². The minimum Gasteiger partial charge on any atom is -0.310 e. The first-order chi connectivity index (χ1) is 14.1. The zero-order chi connectivity index (χ0) is 20.2. The Morgan fingerprint density at radius 1 is 1.17 bits per heavy atom. The molecule has 3 aromatic rings. The molecule has 0 radical (unpaired) electrons. The second kappa shape index (κ2) is 6.08. The summed E-state index contributed by atoms with van der Waals surface area (Å²) in [4.78, 5) is 28.1. The SMILES string of the molecule is C#CCN1C(=O)[C@]2(CC(=O)Nc3c2cnn3-c2ccccc2)c2cc(C)ccc21. The van der Waals surface area contributed by atoms with Crippen LogP contribution in [0, 0.1) is 19.3 Å². The summed E-state index contributed by atoms with van der Waals surface area (Å²) >= 11 is 0. The van der Waals surface area contributed by atoms with Gasteiger partial charge in [0, 0.05) is 17.7 Å². The molecule has 0 saturated heterocycles. The minimum atomic E-state index is -1.12. The fourth-order valence-corrected chi connectivity index (χ4v) is 4.42. The first-order valence-electron chi connectivity index (χ1n) is 9.36. The predicted molar refractivity (Wildman–Crippen MR) is 110 cm³/mol. The van der Waals surface area contributed by atoms with Gasteiger partial charge in [-0.3, -0.25) is 14.5 Å². The van der Waals surface area contributed by atoms with Gasteiger partial charge in [-0.1, -0.05) is 41.8 Å². The molecule has 2 aliphatic rings. The second-order valence-electron chi connectivity index (χ2n) is 7.40. The summed E-state index contributed by atoms with van der Waals surface area (Å²) in [6.07, 6.45) is 7.25. The first-order valence-corrected chi connectivity index (χ1v) is 9.36. The number of hydrogen-bond donors (Lipinski definition) is 1. The number of nitrogens with one attached hydrogen (secondary N) is 1. The zero-order valence-electron chi connectivity index (χ0n) is 15.8. The summed E-state index contributed by atoms with van der Waals surface area (Å²) in [5, 5.41) is 7.43. The highest BCUT2D eigenvalue weighted by atomic mass is 16.2. The van der Waals surface area contributed by atoms with Gasteiger partial charge in [0.2, 0.25) is 11.8 Å². The Morgan fingerprint density at radius 2 is 1.97 bits per heavy atom. The molecule has 6 nitrogen and oxygen atoms in total. The number of hydrogen-bond acceptors (Lipinski definition) is 3. The molecular formula is C23H18N4O2. The molecule has 142 valence electrons. The van der Waals surface area contributed by atoms with Gasteiger partial charge in [-0.05, 0) is 30.7 Å². The summed E-state index contributed by atoms with van der Waals surface area (Å²) < 4.78 is 1.67. The number of terminal acetylenes is 1. The van der Waals surface area contributed by atoms with E-state index in [1.54, 1.807) is 15.8 Å². The summed E-state index contributed by atoms with van der Waals surface area (Å²) in [5.41, 5.74) is 2.96. The van der Waals surface area contributed by atoms with E-state index < -0.39 is 5.41 Å². The Balaban J connectivity index is 1.79. The van der Waals surface area contributed by atoms with Crippen LogP contribution in [0.5, 0.6) is 0 Å². The fourth-order valence-electron chi connectivity index (χ4n) is 4.42. The van der Waals surface area contributed by atoms with Crippen molar-refractivity contribution in [1.82, 2.24) is 9.78 Å². The normalized spacial score (nSPS) is 19.7. The molecular weight excluding hydrogens is 364 g/mol. The maximum atomic E-state index is 13.7. The van der Waals surface area contributed by atoms with Crippen molar-refractivity contribution in [2.24, 2.45) is 0 Å². The molecule has 0 fully saturated rings. The van der Waals surface area contributed by atoms with Gasteiger partial charge >= 0.3 is 0 Å². The van der Waals surface area contributed by atoms with Crippen molar-refractivity contribution in [3.05, 3.63) is 71.4 Å². The third-order valence-electron chi connectivity index (χ3n) is 5.68. The van der Waals surface area contributed by atoms with E-state index in [4.69, 9.17) is 6.42 Å².